The van der Waals surface area contributed by atoms with Crippen LogP contribution >= 0.6 is 0 Å². The lowest BCUT2D eigenvalue weighted by Crippen LogP contribution is -2.21. The summed E-state index contributed by atoms with van der Waals surface area (Å²) in [5, 5.41) is 13.6. The first-order valence-corrected chi connectivity index (χ1v) is 5.52. The van der Waals surface area contributed by atoms with Crippen LogP contribution in [0.2, 0.25) is 0 Å². The Morgan fingerprint density at radius 1 is 1.47 bits per heavy atom. The molecule has 1 N–H and O–H groups in total. The molecule has 5 heteroatoms. The monoisotopic (exact) mass is 233 g/mol. The Labute approximate surface area is 99.9 Å². The largest absolute Gasteiger partial charge is 0.365 e. The molecule has 2 rings (SSSR count). The van der Waals surface area contributed by atoms with Gasteiger partial charge in [-0.1, -0.05) is 12.1 Å². The molecule has 0 radical (unpaired) electrons. The minimum atomic E-state index is -0.425. The van der Waals surface area contributed by atoms with Gasteiger partial charge in [0.2, 0.25) is 0 Å². The van der Waals surface area contributed by atoms with Crippen molar-refractivity contribution in [2.45, 2.75) is 13.8 Å². The van der Waals surface area contributed by atoms with E-state index in [1.807, 2.05) is 30.9 Å². The van der Waals surface area contributed by atoms with E-state index >= 15 is 0 Å². The second kappa shape index (κ2) is 4.45. The lowest BCUT2D eigenvalue weighted by atomic mass is 10.1. The Bertz CT molecular complexity index is 483. The van der Waals surface area contributed by atoms with Gasteiger partial charge >= 0.3 is 0 Å². The molecule has 1 fully saturated rings. The molecule has 0 aromatic heterocycles. The van der Waals surface area contributed by atoms with Gasteiger partial charge in [-0.3, -0.25) is 10.1 Å². The molecule has 1 aromatic carbocycles. The third kappa shape index (κ3) is 2.38. The molecule has 0 saturated carbocycles. The van der Waals surface area contributed by atoms with Crippen LogP contribution in [0.5, 0.6) is 0 Å². The third-order valence-corrected chi connectivity index (χ3v) is 2.82. The van der Waals surface area contributed by atoms with Gasteiger partial charge in [0.1, 0.15) is 0 Å². The third-order valence-electron chi connectivity index (χ3n) is 2.82. The van der Waals surface area contributed by atoms with E-state index in [-0.39, 0.29) is 0 Å². The molecule has 0 bridgehead atoms. The fraction of sp³-hybridized carbons (Fsp3) is 0.333. The Kier molecular flexibility index (Phi) is 2.99. The molecule has 17 heavy (non-hydrogen) atoms. The van der Waals surface area contributed by atoms with Crippen LogP contribution < -0.4 is 10.2 Å². The summed E-state index contributed by atoms with van der Waals surface area (Å²) >= 11 is 0. The normalized spacial score (nSPS) is 17.3. The molecule has 1 aromatic rings. The number of hydrogen-bond acceptors (Lipinski definition) is 4. The number of nitrogens with zero attached hydrogens (tertiary/aromatic N) is 2. The summed E-state index contributed by atoms with van der Waals surface area (Å²) in [5.74, 6) is 0.559. The fourth-order valence-electron chi connectivity index (χ4n) is 1.99. The van der Waals surface area contributed by atoms with Crippen LogP contribution in [0.3, 0.4) is 0 Å². The lowest BCUT2D eigenvalue weighted by molar-refractivity contribution is -0.403. The number of benzene rings is 1. The van der Waals surface area contributed by atoms with Crippen LogP contribution in [0.4, 0.5) is 5.69 Å². The van der Waals surface area contributed by atoms with Gasteiger partial charge in [0, 0.05) is 18.8 Å². The van der Waals surface area contributed by atoms with Crippen LogP contribution in [0.25, 0.3) is 0 Å². The summed E-state index contributed by atoms with van der Waals surface area (Å²) in [5.41, 5.74) is 3.30. The number of hydrogen-bond donors (Lipinski definition) is 1. The molecule has 1 heterocycles. The molecular formula is C12H15N3O2. The Morgan fingerprint density at radius 3 is 2.94 bits per heavy atom. The second-order valence-electron chi connectivity index (χ2n) is 4.17. The molecular weight excluding hydrogens is 218 g/mol. The SMILES string of the molecule is Cc1ccc(C)c(N2CCNC2=C[N+](=O)[O-])c1. The van der Waals surface area contributed by atoms with E-state index in [0.29, 0.717) is 5.82 Å². The van der Waals surface area contributed by atoms with Crippen LogP contribution in [0, 0.1) is 24.0 Å². The summed E-state index contributed by atoms with van der Waals surface area (Å²) in [6.07, 6.45) is 1.02. The first-order chi connectivity index (χ1) is 8.08. The maximum atomic E-state index is 10.5. The highest BCUT2D eigenvalue weighted by Gasteiger charge is 2.22. The molecule has 5 nitrogen and oxygen atoms in total. The summed E-state index contributed by atoms with van der Waals surface area (Å²) in [6.45, 7) is 5.51. The number of anilines is 1. The molecule has 0 aliphatic carbocycles. The molecule has 0 unspecified atom stereocenters. The zero-order valence-corrected chi connectivity index (χ0v) is 9.93. The minimum absolute atomic E-state index is 0.425. The van der Waals surface area contributed by atoms with E-state index in [1.165, 1.54) is 0 Å². The van der Waals surface area contributed by atoms with Crippen molar-refractivity contribution < 1.29 is 4.92 Å². The van der Waals surface area contributed by atoms with Crippen molar-refractivity contribution in [1.82, 2.24) is 5.32 Å². The smallest absolute Gasteiger partial charge is 0.274 e. The van der Waals surface area contributed by atoms with Crippen LogP contribution in [-0.2, 0) is 0 Å². The maximum absolute atomic E-state index is 10.5. The number of nitrogens with one attached hydrogen (secondary N) is 1. The lowest BCUT2D eigenvalue weighted by Gasteiger charge is -2.20. The van der Waals surface area contributed by atoms with E-state index in [0.717, 1.165) is 36.1 Å². The van der Waals surface area contributed by atoms with E-state index in [2.05, 4.69) is 11.4 Å². The standard InChI is InChI=1S/C12H15N3O2/c1-9-3-4-10(2)11(7-9)14-6-5-13-12(14)8-15(16)17/h3-4,7-8,13H,5-6H2,1-2H3. The molecule has 0 spiro atoms. The molecule has 1 aliphatic rings. The van der Waals surface area contributed by atoms with Gasteiger partial charge in [-0.05, 0) is 31.0 Å². The van der Waals surface area contributed by atoms with E-state index in [9.17, 15) is 10.1 Å². The van der Waals surface area contributed by atoms with Gasteiger partial charge < -0.3 is 10.2 Å². The summed E-state index contributed by atoms with van der Waals surface area (Å²) in [4.78, 5) is 12.1. The summed E-state index contributed by atoms with van der Waals surface area (Å²) < 4.78 is 0. The van der Waals surface area contributed by atoms with Crippen LogP contribution in [-0.4, -0.2) is 18.0 Å². The predicted octanol–water partition coefficient (Wildman–Crippen LogP) is 1.79. The van der Waals surface area contributed by atoms with Crippen molar-refractivity contribution in [2.24, 2.45) is 0 Å². The van der Waals surface area contributed by atoms with Gasteiger partial charge in [0.05, 0.1) is 4.92 Å². The van der Waals surface area contributed by atoms with E-state index in [4.69, 9.17) is 0 Å². The maximum Gasteiger partial charge on any atom is 0.274 e. The molecule has 0 atom stereocenters. The highest BCUT2D eigenvalue weighted by Crippen LogP contribution is 2.25. The quantitative estimate of drug-likeness (QED) is 0.625. The van der Waals surface area contributed by atoms with Gasteiger partial charge in [0.15, 0.2) is 5.82 Å². The average Bonchev–Trinajstić information content (AvgIpc) is 2.69. The fourth-order valence-corrected chi connectivity index (χ4v) is 1.99. The van der Waals surface area contributed by atoms with E-state index in [1.54, 1.807) is 0 Å². The van der Waals surface area contributed by atoms with Crippen molar-refractivity contribution in [1.29, 1.82) is 0 Å². The van der Waals surface area contributed by atoms with Crippen molar-refractivity contribution in [3.63, 3.8) is 0 Å². The minimum Gasteiger partial charge on any atom is -0.365 e. The second-order valence-corrected chi connectivity index (χ2v) is 4.17. The van der Waals surface area contributed by atoms with Gasteiger partial charge in [-0.15, -0.1) is 0 Å². The van der Waals surface area contributed by atoms with Crippen LogP contribution in [0.15, 0.2) is 30.2 Å². The van der Waals surface area contributed by atoms with Gasteiger partial charge in [0.25, 0.3) is 6.20 Å². The first-order valence-electron chi connectivity index (χ1n) is 5.52. The van der Waals surface area contributed by atoms with Crippen molar-refractivity contribution in [2.75, 3.05) is 18.0 Å². The van der Waals surface area contributed by atoms with Crippen molar-refractivity contribution in [3.8, 4) is 0 Å². The Hall–Kier alpha value is -2.04. The van der Waals surface area contributed by atoms with Gasteiger partial charge in [-0.25, -0.2) is 0 Å². The number of rotatable bonds is 2. The van der Waals surface area contributed by atoms with Gasteiger partial charge in [-0.2, -0.15) is 0 Å². The van der Waals surface area contributed by atoms with E-state index < -0.39 is 4.92 Å². The number of aryl methyl sites for hydroxylation is 2. The van der Waals surface area contributed by atoms with Crippen LogP contribution in [0.1, 0.15) is 11.1 Å². The average molecular weight is 233 g/mol. The molecule has 90 valence electrons. The molecule has 1 saturated heterocycles. The molecule has 0 amide bonds. The first kappa shape index (κ1) is 11.4. The Balaban J connectivity index is 2.38. The summed E-state index contributed by atoms with van der Waals surface area (Å²) in [6, 6.07) is 6.13. The highest BCUT2D eigenvalue weighted by molar-refractivity contribution is 5.59. The topological polar surface area (TPSA) is 58.4 Å². The van der Waals surface area contributed by atoms with Crippen molar-refractivity contribution in [3.05, 3.63) is 51.5 Å². The zero-order chi connectivity index (χ0) is 12.4. The number of nitro groups is 1. The predicted molar refractivity (Wildman–Crippen MR) is 66.3 cm³/mol. The highest BCUT2D eigenvalue weighted by atomic mass is 16.6. The summed E-state index contributed by atoms with van der Waals surface area (Å²) in [7, 11) is 0. The zero-order valence-electron chi connectivity index (χ0n) is 9.93. The molecule has 1 aliphatic heterocycles. The van der Waals surface area contributed by atoms with Crippen molar-refractivity contribution >= 4 is 5.69 Å². The Morgan fingerprint density at radius 2 is 2.24 bits per heavy atom.